The molecular weight excluding hydrogens is 452 g/mol. The first-order chi connectivity index (χ1) is 16.4. The van der Waals surface area contributed by atoms with E-state index < -0.39 is 0 Å². The van der Waals surface area contributed by atoms with Gasteiger partial charge in [0, 0.05) is 55.0 Å². The van der Waals surface area contributed by atoms with Crippen molar-refractivity contribution in [3.63, 3.8) is 0 Å². The lowest BCUT2D eigenvalue weighted by Crippen LogP contribution is -2.43. The zero-order valence-electron chi connectivity index (χ0n) is 19.4. The lowest BCUT2D eigenvalue weighted by Gasteiger charge is -2.25. The van der Waals surface area contributed by atoms with Gasteiger partial charge in [0.2, 0.25) is 0 Å². The highest BCUT2D eigenvalue weighted by Gasteiger charge is 2.26. The Hall–Kier alpha value is -3.44. The molecule has 1 aliphatic carbocycles. The molecule has 1 atom stereocenters. The normalized spacial score (nSPS) is 15.0. The van der Waals surface area contributed by atoms with E-state index in [4.69, 9.17) is 21.6 Å². The molecule has 34 heavy (non-hydrogen) atoms. The summed E-state index contributed by atoms with van der Waals surface area (Å²) in [5.74, 6) is 1.27. The molecule has 2 heterocycles. The maximum Gasteiger partial charge on any atom is 0.317 e. The molecule has 2 aromatic heterocycles. The maximum atomic E-state index is 12.1. The molecule has 7 N–H and O–H groups in total. The predicted octanol–water partition coefficient (Wildman–Crippen LogP) is 2.87. The molecule has 0 saturated carbocycles. The van der Waals surface area contributed by atoms with Gasteiger partial charge in [-0.1, -0.05) is 0 Å². The molecule has 0 radical (unpaired) electrons. The van der Waals surface area contributed by atoms with Crippen LogP contribution in [0.5, 0.6) is 5.75 Å². The van der Waals surface area contributed by atoms with Crippen LogP contribution in [0.2, 0.25) is 0 Å². The number of amides is 2. The van der Waals surface area contributed by atoms with Crippen LogP contribution in [0.3, 0.4) is 0 Å². The molecule has 0 fully saturated rings. The van der Waals surface area contributed by atoms with E-state index in [0.29, 0.717) is 48.1 Å². The van der Waals surface area contributed by atoms with Crippen LogP contribution < -0.4 is 26.8 Å². The second-order valence-corrected chi connectivity index (χ2v) is 9.51. The summed E-state index contributed by atoms with van der Waals surface area (Å²) in [6.45, 7) is 0.988. The van der Waals surface area contributed by atoms with Gasteiger partial charge in [-0.3, -0.25) is 0 Å². The third kappa shape index (κ3) is 4.90. The molecule has 180 valence electrons. The standard InChI is InChI=1S/C23H30N8O2S/c1-31(2)23(32)29-14-4-5-15-19(9-14)34-22-20(15)21(27-12-28-22)30-17-8-13(11-25)16(26)10-18(17)33-7-3-6-24/h8,10-12,14,25H,3-7,9,24,26H2,1-2H3,(H,29,32)(H,27,28,30). The molecule has 1 unspecified atom stereocenters. The van der Waals surface area contributed by atoms with Crippen LogP contribution in [-0.2, 0) is 12.8 Å². The summed E-state index contributed by atoms with van der Waals surface area (Å²) < 4.78 is 5.92. The summed E-state index contributed by atoms with van der Waals surface area (Å²) in [6.07, 6.45) is 5.91. The Kier molecular flexibility index (Phi) is 7.13. The molecule has 1 aliphatic rings. The number of benzene rings is 1. The van der Waals surface area contributed by atoms with Crippen molar-refractivity contribution in [2.45, 2.75) is 31.7 Å². The fourth-order valence-electron chi connectivity index (χ4n) is 3.98. The van der Waals surface area contributed by atoms with Crippen LogP contribution in [0.1, 0.15) is 28.8 Å². The molecule has 11 heteroatoms. The van der Waals surface area contributed by atoms with Gasteiger partial charge in [-0.25, -0.2) is 14.8 Å². The Bertz CT molecular complexity index is 1210. The number of rotatable bonds is 8. The average molecular weight is 483 g/mol. The van der Waals surface area contributed by atoms with Crippen molar-refractivity contribution in [3.05, 3.63) is 34.5 Å². The fourth-order valence-corrected chi connectivity index (χ4v) is 5.25. The molecule has 4 rings (SSSR count). The van der Waals surface area contributed by atoms with Crippen molar-refractivity contribution in [2.24, 2.45) is 5.73 Å². The van der Waals surface area contributed by atoms with E-state index in [9.17, 15) is 4.79 Å². The highest BCUT2D eigenvalue weighted by molar-refractivity contribution is 7.19. The SMILES string of the molecule is CN(C)C(=O)NC1CCc2c(sc3ncnc(Nc4cc(C=N)c(N)cc4OCCCN)c23)C1. The van der Waals surface area contributed by atoms with E-state index in [1.54, 1.807) is 48.8 Å². The van der Waals surface area contributed by atoms with E-state index in [1.807, 2.05) is 0 Å². The van der Waals surface area contributed by atoms with Crippen molar-refractivity contribution in [2.75, 3.05) is 38.3 Å². The number of aryl methyl sites for hydroxylation is 1. The Labute approximate surface area is 202 Å². The highest BCUT2D eigenvalue weighted by atomic mass is 32.1. The number of aromatic nitrogens is 2. The van der Waals surface area contributed by atoms with Crippen LogP contribution in [0, 0.1) is 5.41 Å². The Morgan fingerprint density at radius 1 is 1.38 bits per heavy atom. The fraction of sp³-hybridized carbons (Fsp3) is 0.391. The minimum atomic E-state index is -0.0794. The summed E-state index contributed by atoms with van der Waals surface area (Å²) >= 11 is 1.64. The Morgan fingerprint density at radius 2 is 2.21 bits per heavy atom. The first kappa shape index (κ1) is 23.7. The number of nitrogens with two attached hydrogens (primary N) is 2. The molecule has 10 nitrogen and oxygen atoms in total. The molecule has 0 saturated heterocycles. The Balaban J connectivity index is 1.66. The van der Waals surface area contributed by atoms with Gasteiger partial charge in [0.1, 0.15) is 22.7 Å². The number of hydrogen-bond donors (Lipinski definition) is 5. The number of urea groups is 1. The van der Waals surface area contributed by atoms with Crippen molar-refractivity contribution < 1.29 is 9.53 Å². The van der Waals surface area contributed by atoms with Crippen molar-refractivity contribution in [3.8, 4) is 5.75 Å². The van der Waals surface area contributed by atoms with Crippen LogP contribution in [0.15, 0.2) is 18.5 Å². The van der Waals surface area contributed by atoms with Gasteiger partial charge in [0.15, 0.2) is 0 Å². The van der Waals surface area contributed by atoms with E-state index in [-0.39, 0.29) is 12.1 Å². The molecule has 2 amide bonds. The van der Waals surface area contributed by atoms with Crippen LogP contribution in [-0.4, -0.2) is 60.4 Å². The first-order valence-electron chi connectivity index (χ1n) is 11.2. The van der Waals surface area contributed by atoms with E-state index in [2.05, 4.69) is 20.6 Å². The summed E-state index contributed by atoms with van der Waals surface area (Å²) in [5, 5.41) is 15.2. The predicted molar refractivity (Wildman–Crippen MR) is 137 cm³/mol. The number of carbonyl (C=O) groups is 1. The number of nitrogens with zero attached hydrogens (tertiary/aromatic N) is 3. The number of nitrogen functional groups attached to an aromatic ring is 1. The zero-order valence-corrected chi connectivity index (χ0v) is 20.2. The molecule has 3 aromatic rings. The number of hydrogen-bond acceptors (Lipinski definition) is 9. The zero-order chi connectivity index (χ0) is 24.2. The topological polar surface area (TPSA) is 155 Å². The monoisotopic (exact) mass is 482 g/mol. The molecular formula is C23H30N8O2S. The van der Waals surface area contributed by atoms with Gasteiger partial charge in [-0.05, 0) is 37.4 Å². The summed E-state index contributed by atoms with van der Waals surface area (Å²) in [4.78, 5) is 24.8. The highest BCUT2D eigenvalue weighted by Crippen LogP contribution is 2.40. The van der Waals surface area contributed by atoms with Gasteiger partial charge in [0.05, 0.1) is 17.7 Å². The summed E-state index contributed by atoms with van der Waals surface area (Å²) in [5.41, 5.74) is 14.6. The largest absolute Gasteiger partial charge is 0.491 e. The van der Waals surface area contributed by atoms with Crippen molar-refractivity contribution >= 4 is 51.0 Å². The lowest BCUT2D eigenvalue weighted by molar-refractivity contribution is 0.212. The lowest BCUT2D eigenvalue weighted by atomic mass is 9.93. The molecule has 0 aliphatic heterocycles. The molecule has 0 spiro atoms. The smallest absolute Gasteiger partial charge is 0.317 e. The number of carbonyl (C=O) groups excluding carboxylic acids is 1. The van der Waals surface area contributed by atoms with E-state index in [1.165, 1.54) is 16.7 Å². The third-order valence-electron chi connectivity index (χ3n) is 5.78. The van der Waals surface area contributed by atoms with Gasteiger partial charge in [-0.15, -0.1) is 11.3 Å². The summed E-state index contributed by atoms with van der Waals surface area (Å²) in [7, 11) is 3.48. The Morgan fingerprint density at radius 3 is 2.94 bits per heavy atom. The molecule has 1 aromatic carbocycles. The quantitative estimate of drug-likeness (QED) is 0.188. The number of nitrogens with one attached hydrogen (secondary N) is 3. The first-order valence-corrected chi connectivity index (χ1v) is 12.0. The number of ether oxygens (including phenoxy) is 1. The van der Waals surface area contributed by atoms with Crippen LogP contribution in [0.25, 0.3) is 10.2 Å². The van der Waals surface area contributed by atoms with Crippen molar-refractivity contribution in [1.29, 1.82) is 5.41 Å². The van der Waals surface area contributed by atoms with E-state index in [0.717, 1.165) is 29.5 Å². The van der Waals surface area contributed by atoms with E-state index >= 15 is 0 Å². The van der Waals surface area contributed by atoms with Gasteiger partial charge < -0.3 is 37.1 Å². The van der Waals surface area contributed by atoms with Gasteiger partial charge in [0.25, 0.3) is 0 Å². The summed E-state index contributed by atoms with van der Waals surface area (Å²) in [6, 6.07) is 3.53. The number of anilines is 3. The number of fused-ring (bicyclic) bond motifs is 3. The second kappa shape index (κ2) is 10.2. The van der Waals surface area contributed by atoms with Gasteiger partial charge >= 0.3 is 6.03 Å². The minimum absolute atomic E-state index is 0.0794. The minimum Gasteiger partial charge on any atom is -0.491 e. The second-order valence-electron chi connectivity index (χ2n) is 8.43. The third-order valence-corrected chi connectivity index (χ3v) is 6.94. The maximum absolute atomic E-state index is 12.1. The van der Waals surface area contributed by atoms with Crippen molar-refractivity contribution in [1.82, 2.24) is 20.2 Å². The average Bonchev–Trinajstić information content (AvgIpc) is 3.19. The van der Waals surface area contributed by atoms with Crippen LogP contribution in [0.4, 0.5) is 22.0 Å². The molecule has 0 bridgehead atoms. The van der Waals surface area contributed by atoms with Crippen LogP contribution >= 0.6 is 11.3 Å². The van der Waals surface area contributed by atoms with Gasteiger partial charge in [-0.2, -0.15) is 0 Å². The number of thiophene rings is 1.